The van der Waals surface area contributed by atoms with Crippen molar-refractivity contribution in [1.82, 2.24) is 10.3 Å². The van der Waals surface area contributed by atoms with Crippen LogP contribution in [0.2, 0.25) is 0 Å². The van der Waals surface area contributed by atoms with E-state index in [1.54, 1.807) is 0 Å². The summed E-state index contributed by atoms with van der Waals surface area (Å²) >= 11 is 0. The van der Waals surface area contributed by atoms with Gasteiger partial charge in [-0.05, 0) is 42.5 Å². The van der Waals surface area contributed by atoms with Crippen molar-refractivity contribution in [3.8, 4) is 11.1 Å². The van der Waals surface area contributed by atoms with Gasteiger partial charge < -0.3 is 5.32 Å². The van der Waals surface area contributed by atoms with E-state index in [0.29, 0.717) is 5.92 Å². The van der Waals surface area contributed by atoms with Gasteiger partial charge in [-0.15, -0.1) is 0 Å². The molecule has 1 fully saturated rings. The van der Waals surface area contributed by atoms with Crippen molar-refractivity contribution < 1.29 is 0 Å². The number of hydrogen-bond donors (Lipinski definition) is 1. The van der Waals surface area contributed by atoms with Gasteiger partial charge in [-0.1, -0.05) is 30.3 Å². The summed E-state index contributed by atoms with van der Waals surface area (Å²) in [6.45, 7) is 2.24. The first-order chi connectivity index (χ1) is 8.93. The molecule has 1 aliphatic rings. The van der Waals surface area contributed by atoms with Gasteiger partial charge in [0, 0.05) is 24.5 Å². The average molecular weight is 238 g/mol. The lowest BCUT2D eigenvalue weighted by Gasteiger charge is -2.23. The zero-order chi connectivity index (χ0) is 12.2. The molecule has 18 heavy (non-hydrogen) atoms. The van der Waals surface area contributed by atoms with Crippen LogP contribution in [0.5, 0.6) is 0 Å². The van der Waals surface area contributed by atoms with E-state index in [1.807, 2.05) is 18.5 Å². The van der Waals surface area contributed by atoms with E-state index in [1.165, 1.54) is 29.5 Å². The van der Waals surface area contributed by atoms with E-state index < -0.39 is 0 Å². The van der Waals surface area contributed by atoms with Crippen molar-refractivity contribution in [3.63, 3.8) is 0 Å². The highest BCUT2D eigenvalue weighted by Gasteiger charge is 2.15. The lowest BCUT2D eigenvalue weighted by atomic mass is 9.91. The zero-order valence-electron chi connectivity index (χ0n) is 10.5. The normalized spacial score (nSPS) is 19.7. The molecule has 1 aromatic heterocycles. The van der Waals surface area contributed by atoms with Crippen LogP contribution in [0, 0.1) is 0 Å². The predicted octanol–water partition coefficient (Wildman–Crippen LogP) is 3.22. The average Bonchev–Trinajstić information content (AvgIpc) is 2.49. The van der Waals surface area contributed by atoms with Crippen LogP contribution < -0.4 is 5.32 Å². The molecule has 1 saturated heterocycles. The van der Waals surface area contributed by atoms with Crippen molar-refractivity contribution in [3.05, 3.63) is 54.4 Å². The third kappa shape index (κ3) is 2.44. The van der Waals surface area contributed by atoms with Gasteiger partial charge in [0.05, 0.1) is 0 Å². The fraction of sp³-hybridized carbons (Fsp3) is 0.312. The Kier molecular flexibility index (Phi) is 3.37. The number of hydrogen-bond acceptors (Lipinski definition) is 2. The topological polar surface area (TPSA) is 24.9 Å². The number of nitrogens with zero attached hydrogens (tertiary/aromatic N) is 1. The number of piperidine rings is 1. The molecular formula is C16H18N2. The summed E-state index contributed by atoms with van der Waals surface area (Å²) in [5.74, 6) is 0.620. The third-order valence-electron chi connectivity index (χ3n) is 3.63. The fourth-order valence-corrected chi connectivity index (χ4v) is 2.61. The van der Waals surface area contributed by atoms with E-state index in [9.17, 15) is 0 Å². The zero-order valence-corrected chi connectivity index (χ0v) is 10.5. The maximum Gasteiger partial charge on any atom is 0.0346 e. The molecule has 0 saturated carbocycles. The molecule has 0 amide bonds. The van der Waals surface area contributed by atoms with Crippen molar-refractivity contribution >= 4 is 0 Å². The Morgan fingerprint density at radius 2 is 1.94 bits per heavy atom. The van der Waals surface area contributed by atoms with Crippen LogP contribution in [-0.2, 0) is 0 Å². The van der Waals surface area contributed by atoms with Crippen LogP contribution in [0.1, 0.15) is 24.3 Å². The summed E-state index contributed by atoms with van der Waals surface area (Å²) in [5.41, 5.74) is 3.83. The Balaban J connectivity index is 1.89. The van der Waals surface area contributed by atoms with Crippen LogP contribution in [0.4, 0.5) is 0 Å². The molecule has 0 bridgehead atoms. The number of nitrogens with one attached hydrogen (secondary N) is 1. The van der Waals surface area contributed by atoms with E-state index in [0.717, 1.165) is 13.1 Å². The van der Waals surface area contributed by atoms with Crippen LogP contribution in [0.15, 0.2) is 48.8 Å². The molecule has 0 spiro atoms. The van der Waals surface area contributed by atoms with Crippen molar-refractivity contribution in [2.75, 3.05) is 13.1 Å². The molecule has 1 aliphatic heterocycles. The van der Waals surface area contributed by atoms with Crippen molar-refractivity contribution in [1.29, 1.82) is 0 Å². The summed E-state index contributed by atoms with van der Waals surface area (Å²) in [6, 6.07) is 12.8. The largest absolute Gasteiger partial charge is 0.316 e. The van der Waals surface area contributed by atoms with Crippen LogP contribution >= 0.6 is 0 Å². The molecule has 2 heteroatoms. The molecule has 2 nitrogen and oxygen atoms in total. The second-order valence-corrected chi connectivity index (χ2v) is 4.92. The first kappa shape index (κ1) is 11.4. The summed E-state index contributed by atoms with van der Waals surface area (Å²) in [5, 5.41) is 3.46. The lowest BCUT2D eigenvalue weighted by molar-refractivity contribution is 0.461. The highest BCUT2D eigenvalue weighted by Crippen LogP contribution is 2.26. The number of benzene rings is 1. The van der Waals surface area contributed by atoms with Crippen molar-refractivity contribution in [2.45, 2.75) is 18.8 Å². The summed E-state index contributed by atoms with van der Waals surface area (Å²) in [7, 11) is 0. The molecule has 0 aliphatic carbocycles. The number of aromatic nitrogens is 1. The minimum absolute atomic E-state index is 0.620. The number of rotatable bonds is 2. The fourth-order valence-electron chi connectivity index (χ4n) is 2.61. The van der Waals surface area contributed by atoms with Gasteiger partial charge in [0.25, 0.3) is 0 Å². The predicted molar refractivity (Wildman–Crippen MR) is 74.5 cm³/mol. The summed E-state index contributed by atoms with van der Waals surface area (Å²) < 4.78 is 0. The smallest absolute Gasteiger partial charge is 0.0346 e. The monoisotopic (exact) mass is 238 g/mol. The Morgan fingerprint density at radius 1 is 1.06 bits per heavy atom. The van der Waals surface area contributed by atoms with Gasteiger partial charge >= 0.3 is 0 Å². The van der Waals surface area contributed by atoms with Gasteiger partial charge in [0.2, 0.25) is 0 Å². The Labute approximate surface area is 108 Å². The standard InChI is InChI=1S/C16H18N2/c1-2-5-13(6-3-1)15-9-16(12-18-11-15)14-7-4-8-17-10-14/h1-3,5-6,9,11-12,14,17H,4,7-8,10H2. The second kappa shape index (κ2) is 5.32. The molecule has 2 heterocycles. The molecule has 1 N–H and O–H groups in total. The minimum atomic E-state index is 0.620. The second-order valence-electron chi connectivity index (χ2n) is 4.92. The first-order valence-electron chi connectivity index (χ1n) is 6.64. The quantitative estimate of drug-likeness (QED) is 0.869. The molecular weight excluding hydrogens is 220 g/mol. The van der Waals surface area contributed by atoms with Gasteiger partial charge in [-0.25, -0.2) is 0 Å². The van der Waals surface area contributed by atoms with Gasteiger partial charge in [0.1, 0.15) is 0 Å². The maximum atomic E-state index is 4.41. The highest BCUT2D eigenvalue weighted by atomic mass is 14.9. The van der Waals surface area contributed by atoms with Gasteiger partial charge in [-0.3, -0.25) is 4.98 Å². The summed E-state index contributed by atoms with van der Waals surface area (Å²) in [6.07, 6.45) is 6.51. The Hall–Kier alpha value is -1.67. The minimum Gasteiger partial charge on any atom is -0.316 e. The third-order valence-corrected chi connectivity index (χ3v) is 3.63. The van der Waals surface area contributed by atoms with E-state index in [4.69, 9.17) is 0 Å². The number of pyridine rings is 1. The highest BCUT2D eigenvalue weighted by molar-refractivity contribution is 5.62. The van der Waals surface area contributed by atoms with Crippen LogP contribution in [0.3, 0.4) is 0 Å². The van der Waals surface area contributed by atoms with Gasteiger partial charge in [0.15, 0.2) is 0 Å². The lowest BCUT2D eigenvalue weighted by Crippen LogP contribution is -2.28. The summed E-state index contributed by atoms with van der Waals surface area (Å²) in [4.78, 5) is 4.41. The van der Waals surface area contributed by atoms with Crippen molar-refractivity contribution in [2.24, 2.45) is 0 Å². The molecule has 0 radical (unpaired) electrons. The first-order valence-corrected chi connectivity index (χ1v) is 6.64. The van der Waals surface area contributed by atoms with E-state index in [2.05, 4.69) is 40.6 Å². The molecule has 1 unspecified atom stereocenters. The Bertz CT molecular complexity index is 502. The molecule has 3 rings (SSSR count). The molecule has 1 atom stereocenters. The van der Waals surface area contributed by atoms with E-state index >= 15 is 0 Å². The molecule has 1 aromatic carbocycles. The van der Waals surface area contributed by atoms with Crippen LogP contribution in [-0.4, -0.2) is 18.1 Å². The van der Waals surface area contributed by atoms with E-state index in [-0.39, 0.29) is 0 Å². The maximum absolute atomic E-state index is 4.41. The molecule has 92 valence electrons. The van der Waals surface area contributed by atoms with Gasteiger partial charge in [-0.2, -0.15) is 0 Å². The Morgan fingerprint density at radius 3 is 2.72 bits per heavy atom. The SMILES string of the molecule is c1ccc(-c2cncc(C3CCCNC3)c2)cc1. The van der Waals surface area contributed by atoms with Crippen LogP contribution in [0.25, 0.3) is 11.1 Å². The molecule has 2 aromatic rings.